The summed E-state index contributed by atoms with van der Waals surface area (Å²) in [6.45, 7) is 0. The van der Waals surface area contributed by atoms with Gasteiger partial charge >= 0.3 is 0 Å². The predicted molar refractivity (Wildman–Crippen MR) is 35.1 cm³/mol. The smallest absolute Gasteiger partial charge is 0.137 e. The predicted octanol–water partition coefficient (Wildman–Crippen LogP) is 1.22. The number of hydrogen-bond donors (Lipinski definition) is 1. The van der Waals surface area contributed by atoms with E-state index in [9.17, 15) is 0 Å². The van der Waals surface area contributed by atoms with E-state index < -0.39 is 0 Å². The van der Waals surface area contributed by atoms with Crippen LogP contribution in [0.4, 0.5) is 0 Å². The van der Waals surface area contributed by atoms with E-state index in [1.165, 1.54) is 0 Å². The molecule has 0 bridgehead atoms. The van der Waals surface area contributed by atoms with Crippen LogP contribution in [-0.4, -0.2) is 9.67 Å². The minimum atomic E-state index is 0.403. The first-order valence-electron chi connectivity index (χ1n) is 2.93. The largest absolute Gasteiger partial charge is 0.506 e. The number of nitrogens with zero attached hydrogens (tertiary/aromatic N) is 1. The second kappa shape index (κ2) is 1.41. The quantitative estimate of drug-likeness (QED) is 0.548. The Labute approximate surface area is 53.0 Å². The lowest BCUT2D eigenvalue weighted by atomic mass is 10.3. The van der Waals surface area contributed by atoms with Crippen molar-refractivity contribution in [1.82, 2.24) is 4.57 Å². The second-order valence-electron chi connectivity index (χ2n) is 2.14. The molecule has 0 unspecified atom stereocenters. The van der Waals surface area contributed by atoms with Gasteiger partial charge in [-0.25, -0.2) is 0 Å². The molecule has 0 aliphatic carbocycles. The molecule has 0 amide bonds. The average Bonchev–Trinajstić information content (AvgIpc) is 2.35. The van der Waals surface area contributed by atoms with Crippen LogP contribution in [-0.2, 0) is 6.42 Å². The number of rotatable bonds is 0. The third kappa shape index (κ3) is 0.499. The van der Waals surface area contributed by atoms with Gasteiger partial charge in [0.1, 0.15) is 5.75 Å². The summed E-state index contributed by atoms with van der Waals surface area (Å²) in [5.41, 5.74) is 0.995. The van der Waals surface area contributed by atoms with E-state index in [-0.39, 0.29) is 0 Å². The van der Waals surface area contributed by atoms with Gasteiger partial charge in [0.25, 0.3) is 0 Å². The van der Waals surface area contributed by atoms with E-state index in [2.05, 4.69) is 0 Å². The standard InChI is InChI=1S/C7H7NO/c9-7-3-5-8-4-1-2-6(7)8/h1,3-5,9H,2H2. The van der Waals surface area contributed by atoms with Crippen molar-refractivity contribution < 1.29 is 5.11 Å². The van der Waals surface area contributed by atoms with Crippen LogP contribution in [0.15, 0.2) is 18.3 Å². The summed E-state index contributed by atoms with van der Waals surface area (Å²) in [4.78, 5) is 0. The SMILES string of the molecule is Oc1ccn2c1CC=C2. The molecule has 1 N–H and O–H groups in total. The lowest BCUT2D eigenvalue weighted by Crippen LogP contribution is -1.82. The lowest BCUT2D eigenvalue weighted by Gasteiger charge is -1.91. The number of aromatic nitrogens is 1. The molecule has 2 nitrogen and oxygen atoms in total. The van der Waals surface area contributed by atoms with E-state index in [1.807, 2.05) is 23.0 Å². The highest BCUT2D eigenvalue weighted by Gasteiger charge is 2.07. The van der Waals surface area contributed by atoms with Gasteiger partial charge < -0.3 is 9.67 Å². The summed E-state index contributed by atoms with van der Waals surface area (Å²) >= 11 is 0. The van der Waals surface area contributed by atoms with Crippen LogP contribution in [0.2, 0.25) is 0 Å². The van der Waals surface area contributed by atoms with E-state index in [0.717, 1.165) is 12.1 Å². The van der Waals surface area contributed by atoms with Crippen molar-refractivity contribution in [1.29, 1.82) is 0 Å². The van der Waals surface area contributed by atoms with Gasteiger partial charge in [0.2, 0.25) is 0 Å². The van der Waals surface area contributed by atoms with Gasteiger partial charge in [-0.2, -0.15) is 0 Å². The van der Waals surface area contributed by atoms with Crippen LogP contribution in [0.1, 0.15) is 5.69 Å². The van der Waals surface area contributed by atoms with Crippen LogP contribution in [0.5, 0.6) is 5.75 Å². The minimum Gasteiger partial charge on any atom is -0.506 e. The molecule has 2 heterocycles. The van der Waals surface area contributed by atoms with Crippen molar-refractivity contribution >= 4 is 6.20 Å². The zero-order chi connectivity index (χ0) is 6.27. The van der Waals surface area contributed by atoms with Crippen molar-refractivity contribution in [3.63, 3.8) is 0 Å². The first-order chi connectivity index (χ1) is 4.38. The van der Waals surface area contributed by atoms with Crippen LogP contribution in [0, 0.1) is 0 Å². The second-order valence-corrected chi connectivity index (χ2v) is 2.14. The molecule has 0 aromatic carbocycles. The molecular formula is C7H7NO. The highest BCUT2D eigenvalue weighted by Crippen LogP contribution is 2.22. The summed E-state index contributed by atoms with van der Waals surface area (Å²) in [6, 6.07) is 1.71. The summed E-state index contributed by atoms with van der Waals surface area (Å²) in [7, 11) is 0. The molecule has 0 saturated heterocycles. The third-order valence-corrected chi connectivity index (χ3v) is 1.58. The Hall–Kier alpha value is -1.18. The number of aromatic hydroxyl groups is 1. The molecule has 1 aliphatic rings. The minimum absolute atomic E-state index is 0.403. The molecular weight excluding hydrogens is 114 g/mol. The van der Waals surface area contributed by atoms with E-state index in [4.69, 9.17) is 5.11 Å². The molecule has 1 aliphatic heterocycles. The Bertz CT molecular complexity index is 260. The zero-order valence-corrected chi connectivity index (χ0v) is 4.91. The first kappa shape index (κ1) is 4.68. The van der Waals surface area contributed by atoms with Gasteiger partial charge in [-0.15, -0.1) is 0 Å². The molecule has 2 rings (SSSR count). The summed E-state index contributed by atoms with van der Waals surface area (Å²) in [6.07, 6.45) is 6.69. The van der Waals surface area contributed by atoms with Gasteiger partial charge in [-0.05, 0) is 6.07 Å². The van der Waals surface area contributed by atoms with Gasteiger partial charge in [-0.3, -0.25) is 0 Å². The van der Waals surface area contributed by atoms with Crippen molar-refractivity contribution in [2.24, 2.45) is 0 Å². The van der Waals surface area contributed by atoms with E-state index >= 15 is 0 Å². The van der Waals surface area contributed by atoms with Crippen LogP contribution >= 0.6 is 0 Å². The highest BCUT2D eigenvalue weighted by atomic mass is 16.3. The molecule has 1 aromatic rings. The fourth-order valence-electron chi connectivity index (χ4n) is 1.10. The summed E-state index contributed by atoms with van der Waals surface area (Å²) < 4.78 is 1.93. The molecule has 0 atom stereocenters. The Morgan fingerprint density at radius 3 is 3.22 bits per heavy atom. The number of hydrogen-bond acceptors (Lipinski definition) is 1. The first-order valence-corrected chi connectivity index (χ1v) is 2.93. The fourth-order valence-corrected chi connectivity index (χ4v) is 1.10. The maximum atomic E-state index is 9.11. The van der Waals surface area contributed by atoms with Gasteiger partial charge in [0, 0.05) is 18.8 Å². The average molecular weight is 121 g/mol. The van der Waals surface area contributed by atoms with Crippen molar-refractivity contribution in [2.75, 3.05) is 0 Å². The maximum absolute atomic E-state index is 9.11. The van der Waals surface area contributed by atoms with Crippen molar-refractivity contribution in [2.45, 2.75) is 6.42 Å². The molecule has 0 spiro atoms. The number of fused-ring (bicyclic) bond motifs is 1. The van der Waals surface area contributed by atoms with Crippen LogP contribution < -0.4 is 0 Å². The Morgan fingerprint density at radius 2 is 2.44 bits per heavy atom. The fraction of sp³-hybridized carbons (Fsp3) is 0.143. The molecule has 46 valence electrons. The highest BCUT2D eigenvalue weighted by molar-refractivity contribution is 5.44. The van der Waals surface area contributed by atoms with Crippen LogP contribution in [0.25, 0.3) is 6.20 Å². The molecule has 0 fully saturated rings. The number of allylic oxidation sites excluding steroid dienone is 1. The molecule has 9 heavy (non-hydrogen) atoms. The molecule has 0 radical (unpaired) electrons. The van der Waals surface area contributed by atoms with Crippen molar-refractivity contribution in [3.8, 4) is 5.75 Å². The Kier molecular flexibility index (Phi) is 0.730. The zero-order valence-electron chi connectivity index (χ0n) is 4.91. The monoisotopic (exact) mass is 121 g/mol. The normalized spacial score (nSPS) is 14.2. The summed E-state index contributed by atoms with van der Waals surface area (Å²) in [5.74, 6) is 0.403. The Balaban J connectivity index is 2.65. The van der Waals surface area contributed by atoms with Gasteiger partial charge in [0.05, 0.1) is 5.69 Å². The van der Waals surface area contributed by atoms with Crippen molar-refractivity contribution in [3.05, 3.63) is 24.0 Å². The Morgan fingerprint density at radius 1 is 1.56 bits per heavy atom. The topological polar surface area (TPSA) is 25.2 Å². The summed E-state index contributed by atoms with van der Waals surface area (Å²) in [5, 5.41) is 9.11. The molecule has 1 aromatic heterocycles. The van der Waals surface area contributed by atoms with Gasteiger partial charge in [0.15, 0.2) is 0 Å². The molecule has 0 saturated carbocycles. The van der Waals surface area contributed by atoms with Crippen LogP contribution in [0.3, 0.4) is 0 Å². The lowest BCUT2D eigenvalue weighted by molar-refractivity contribution is 0.470. The maximum Gasteiger partial charge on any atom is 0.137 e. The van der Waals surface area contributed by atoms with E-state index in [1.54, 1.807) is 6.07 Å². The third-order valence-electron chi connectivity index (χ3n) is 1.58. The molecule has 2 heteroatoms. The van der Waals surface area contributed by atoms with E-state index in [0.29, 0.717) is 5.75 Å². The van der Waals surface area contributed by atoms with Gasteiger partial charge in [-0.1, -0.05) is 6.08 Å².